The summed E-state index contributed by atoms with van der Waals surface area (Å²) in [5.41, 5.74) is 3.52. The number of β-amino-alcohol motifs (C(OH)–C–C–N with tert-alkyl or cyclic N) is 1. The van der Waals surface area contributed by atoms with Gasteiger partial charge in [0.25, 0.3) is 0 Å². The van der Waals surface area contributed by atoms with Crippen molar-refractivity contribution in [2.24, 2.45) is 0 Å². The second-order valence-corrected chi connectivity index (χ2v) is 13.5. The van der Waals surface area contributed by atoms with Crippen LogP contribution in [0.5, 0.6) is 0 Å². The van der Waals surface area contributed by atoms with Crippen molar-refractivity contribution in [3.8, 4) is 11.3 Å². The first-order valence-electron chi connectivity index (χ1n) is 14.2. The molecular weight excluding hydrogens is 586 g/mol. The van der Waals surface area contributed by atoms with Gasteiger partial charge in [-0.1, -0.05) is 12.1 Å². The lowest BCUT2D eigenvalue weighted by atomic mass is 9.89. The van der Waals surface area contributed by atoms with Gasteiger partial charge in [-0.2, -0.15) is 22.6 Å². The second kappa shape index (κ2) is 11.3. The average Bonchev–Trinajstić information content (AvgIpc) is 3.53. The van der Waals surface area contributed by atoms with Crippen molar-refractivity contribution in [1.82, 2.24) is 24.0 Å². The van der Waals surface area contributed by atoms with E-state index in [1.165, 1.54) is 22.5 Å². The van der Waals surface area contributed by atoms with E-state index in [0.29, 0.717) is 29.8 Å². The fourth-order valence-electron chi connectivity index (χ4n) is 6.38. The number of aliphatic hydroxyl groups is 1. The molecule has 0 amide bonds. The van der Waals surface area contributed by atoms with Gasteiger partial charge in [-0.3, -0.25) is 4.68 Å². The zero-order valence-electron chi connectivity index (χ0n) is 23.6. The highest BCUT2D eigenvalue weighted by molar-refractivity contribution is 7.88. The fourth-order valence-corrected chi connectivity index (χ4v) is 7.17. The van der Waals surface area contributed by atoms with Gasteiger partial charge in [-0.25, -0.2) is 12.8 Å². The third-order valence-electron chi connectivity index (χ3n) is 8.61. The van der Waals surface area contributed by atoms with Crippen LogP contribution in [0.3, 0.4) is 0 Å². The number of nitrogens with one attached hydrogen (secondary N) is 1. The monoisotopic (exact) mass is 619 g/mol. The van der Waals surface area contributed by atoms with Crippen LogP contribution < -0.4 is 0 Å². The SMILES string of the molecule is CS(=O)(=O)N1CCc2c(c(-c3ccc(C(F)(F)F)cc3)nn2CC(O)CN2CCC(c3c[nH]c4ccc(F)cc34)CC2)C1. The fraction of sp³-hybridized carbons (Fsp3) is 0.433. The molecule has 0 bridgehead atoms. The summed E-state index contributed by atoms with van der Waals surface area (Å²) < 4.78 is 80.9. The molecule has 1 fully saturated rings. The topological polar surface area (TPSA) is 94.5 Å². The normalized spacial score (nSPS) is 18.3. The number of benzene rings is 2. The Labute approximate surface area is 247 Å². The van der Waals surface area contributed by atoms with Crippen LogP contribution >= 0.6 is 0 Å². The zero-order chi connectivity index (χ0) is 30.5. The Bertz CT molecular complexity index is 1720. The molecule has 43 heavy (non-hydrogen) atoms. The lowest BCUT2D eigenvalue weighted by Crippen LogP contribution is -2.40. The van der Waals surface area contributed by atoms with Gasteiger partial charge >= 0.3 is 6.18 Å². The maximum Gasteiger partial charge on any atom is 0.416 e. The zero-order valence-corrected chi connectivity index (χ0v) is 24.4. The third kappa shape index (κ3) is 6.21. The summed E-state index contributed by atoms with van der Waals surface area (Å²) in [6.07, 6.45) is -0.0468. The number of H-pyrrole nitrogens is 1. The largest absolute Gasteiger partial charge is 0.416 e. The molecule has 0 saturated carbocycles. The van der Waals surface area contributed by atoms with Gasteiger partial charge in [0.2, 0.25) is 10.0 Å². The number of rotatable bonds is 7. The minimum Gasteiger partial charge on any atom is -0.390 e. The van der Waals surface area contributed by atoms with Crippen LogP contribution in [0.15, 0.2) is 48.7 Å². The van der Waals surface area contributed by atoms with Crippen LogP contribution in [-0.4, -0.2) is 76.0 Å². The molecule has 1 saturated heterocycles. The van der Waals surface area contributed by atoms with Crippen molar-refractivity contribution in [1.29, 1.82) is 0 Å². The summed E-state index contributed by atoms with van der Waals surface area (Å²) in [6.45, 7) is 2.43. The van der Waals surface area contributed by atoms with Crippen LogP contribution in [0.1, 0.15) is 41.1 Å². The molecule has 0 aliphatic carbocycles. The molecule has 1 atom stereocenters. The Morgan fingerprint density at radius 2 is 1.79 bits per heavy atom. The Balaban J connectivity index is 1.16. The van der Waals surface area contributed by atoms with E-state index in [4.69, 9.17) is 0 Å². The number of aromatic nitrogens is 3. The number of piperidine rings is 1. The molecule has 230 valence electrons. The van der Waals surface area contributed by atoms with E-state index >= 15 is 0 Å². The van der Waals surface area contributed by atoms with Crippen LogP contribution in [0, 0.1) is 5.82 Å². The Kier molecular flexibility index (Phi) is 7.86. The molecule has 1 unspecified atom stereocenters. The van der Waals surface area contributed by atoms with Crippen LogP contribution in [0.2, 0.25) is 0 Å². The molecule has 2 aliphatic heterocycles. The Morgan fingerprint density at radius 3 is 2.47 bits per heavy atom. The number of nitrogens with zero attached hydrogens (tertiary/aromatic N) is 4. The van der Waals surface area contributed by atoms with Crippen molar-refractivity contribution in [3.63, 3.8) is 0 Å². The van der Waals surface area contributed by atoms with Crippen LogP contribution in [0.25, 0.3) is 22.2 Å². The van der Waals surface area contributed by atoms with Crippen molar-refractivity contribution in [3.05, 3.63) is 76.9 Å². The summed E-state index contributed by atoms with van der Waals surface area (Å²) >= 11 is 0. The highest BCUT2D eigenvalue weighted by atomic mass is 32.2. The molecule has 4 heterocycles. The molecule has 2 aromatic carbocycles. The van der Waals surface area contributed by atoms with Gasteiger partial charge in [0.05, 0.1) is 30.2 Å². The number of aliphatic hydroxyl groups excluding tert-OH is 1. The van der Waals surface area contributed by atoms with Gasteiger partial charge in [-0.05, 0) is 67.7 Å². The summed E-state index contributed by atoms with van der Waals surface area (Å²) in [6, 6.07) is 9.42. The van der Waals surface area contributed by atoms with Gasteiger partial charge < -0.3 is 15.0 Å². The number of hydrogen-bond donors (Lipinski definition) is 2. The first-order valence-corrected chi connectivity index (χ1v) is 16.1. The van der Waals surface area contributed by atoms with Gasteiger partial charge in [-0.15, -0.1) is 0 Å². The number of likely N-dealkylation sites (tertiary alicyclic amines) is 1. The lowest BCUT2D eigenvalue weighted by Gasteiger charge is -2.33. The van der Waals surface area contributed by atoms with Crippen LogP contribution in [-0.2, 0) is 35.7 Å². The van der Waals surface area contributed by atoms with Crippen molar-refractivity contribution >= 4 is 20.9 Å². The van der Waals surface area contributed by atoms with E-state index in [9.17, 15) is 31.1 Å². The first kappa shape index (κ1) is 29.8. The third-order valence-corrected chi connectivity index (χ3v) is 9.86. The number of fused-ring (bicyclic) bond motifs is 2. The molecule has 2 aliphatic rings. The minimum atomic E-state index is -4.48. The van der Waals surface area contributed by atoms with Crippen molar-refractivity contribution in [2.45, 2.75) is 50.6 Å². The van der Waals surface area contributed by atoms with Gasteiger partial charge in [0.1, 0.15) is 5.82 Å². The van der Waals surface area contributed by atoms with E-state index in [1.807, 2.05) is 6.20 Å². The molecule has 4 aromatic rings. The minimum absolute atomic E-state index is 0.0614. The van der Waals surface area contributed by atoms with Crippen molar-refractivity contribution in [2.75, 3.05) is 32.4 Å². The lowest BCUT2D eigenvalue weighted by molar-refractivity contribution is -0.137. The molecule has 6 rings (SSSR count). The van der Waals surface area contributed by atoms with E-state index < -0.39 is 27.9 Å². The molecule has 0 spiro atoms. The quantitative estimate of drug-likeness (QED) is 0.292. The molecule has 2 N–H and O–H groups in total. The number of alkyl halides is 3. The number of sulfonamides is 1. The summed E-state index contributed by atoms with van der Waals surface area (Å²) in [5.74, 6) is 0.0198. The van der Waals surface area contributed by atoms with Gasteiger partial charge in [0, 0.05) is 60.0 Å². The number of halogens is 4. The predicted octanol–water partition coefficient (Wildman–Crippen LogP) is 4.75. The van der Waals surface area contributed by atoms with Crippen LogP contribution in [0.4, 0.5) is 17.6 Å². The van der Waals surface area contributed by atoms with Gasteiger partial charge in [0.15, 0.2) is 0 Å². The standard InChI is InChI=1S/C30H33F4N5O3S/c1-43(41,42)38-13-10-28-26(18-38)29(20-2-4-21(5-3-20)30(32,33)34)36-39(28)17-23(40)16-37-11-8-19(9-12-37)25-15-35-27-7-6-22(31)14-24(25)27/h2-7,14-15,19,23,35,40H,8-13,16-18H2,1H3. The molecular formula is C30H33F4N5O3S. The molecule has 8 nitrogen and oxygen atoms in total. The van der Waals surface area contributed by atoms with E-state index in [-0.39, 0.29) is 31.4 Å². The smallest absolute Gasteiger partial charge is 0.390 e. The van der Waals surface area contributed by atoms with E-state index in [1.54, 1.807) is 16.8 Å². The Morgan fingerprint density at radius 1 is 1.07 bits per heavy atom. The molecule has 2 aromatic heterocycles. The number of aromatic amines is 1. The summed E-state index contributed by atoms with van der Waals surface area (Å²) in [7, 11) is -3.49. The highest BCUT2D eigenvalue weighted by Crippen LogP contribution is 2.36. The maximum atomic E-state index is 13.9. The maximum absolute atomic E-state index is 13.9. The van der Waals surface area contributed by atoms with Crippen molar-refractivity contribution < 1.29 is 31.1 Å². The molecule has 13 heteroatoms. The summed E-state index contributed by atoms with van der Waals surface area (Å²) in [5, 5.41) is 16.7. The summed E-state index contributed by atoms with van der Waals surface area (Å²) in [4.78, 5) is 5.42. The average molecular weight is 620 g/mol. The van der Waals surface area contributed by atoms with E-state index in [2.05, 4.69) is 15.0 Å². The highest BCUT2D eigenvalue weighted by Gasteiger charge is 2.33. The number of hydrogen-bond acceptors (Lipinski definition) is 5. The Hall–Kier alpha value is -3.26. The van der Waals surface area contributed by atoms with E-state index in [0.717, 1.165) is 66.5 Å². The molecule has 0 radical (unpaired) electrons. The second-order valence-electron chi connectivity index (χ2n) is 11.5. The first-order chi connectivity index (χ1) is 20.4. The predicted molar refractivity (Wildman–Crippen MR) is 154 cm³/mol.